The molecule has 2 rings (SSSR count). The number of aromatic nitrogens is 1. The molecule has 1 N–H and O–H groups in total. The van der Waals surface area contributed by atoms with Crippen LogP contribution >= 0.6 is 0 Å². The second-order valence-corrected chi connectivity index (χ2v) is 3.94. The molecule has 0 radical (unpaired) electrons. The van der Waals surface area contributed by atoms with Crippen molar-refractivity contribution in [3.05, 3.63) is 54.7 Å². The van der Waals surface area contributed by atoms with Crippen molar-refractivity contribution in [2.75, 3.05) is 0 Å². The Morgan fingerprint density at radius 3 is 3.12 bits per heavy atom. The molecule has 1 aromatic carbocycles. The molecule has 0 fully saturated rings. The lowest BCUT2D eigenvalue weighted by Crippen LogP contribution is -2.22. The van der Waals surface area contributed by atoms with Crippen LogP contribution in [0.15, 0.2) is 49.2 Å². The first-order valence-corrected chi connectivity index (χ1v) is 5.49. The van der Waals surface area contributed by atoms with Gasteiger partial charge in [-0.15, -0.1) is 6.58 Å². The van der Waals surface area contributed by atoms with Crippen LogP contribution in [0, 0.1) is 0 Å². The number of rotatable bonds is 4. The number of hydrogen-bond donors (Lipinski definition) is 1. The summed E-state index contributed by atoms with van der Waals surface area (Å²) in [6.07, 6.45) is 3.72. The normalized spacial score (nSPS) is 12.6. The number of nitrogens with zero attached hydrogens (tertiary/aromatic N) is 1. The molecule has 0 aliphatic carbocycles. The first-order chi connectivity index (χ1) is 7.79. The molecule has 0 aliphatic heterocycles. The van der Waals surface area contributed by atoms with E-state index >= 15 is 0 Å². The zero-order valence-corrected chi connectivity index (χ0v) is 9.48. The number of hydrogen-bond acceptors (Lipinski definition) is 2. The highest BCUT2D eigenvalue weighted by molar-refractivity contribution is 5.78. The summed E-state index contributed by atoms with van der Waals surface area (Å²) >= 11 is 0. The molecule has 2 nitrogen and oxygen atoms in total. The van der Waals surface area contributed by atoms with Crippen LogP contribution in [0.25, 0.3) is 10.9 Å². The fraction of sp³-hybridized carbons (Fsp3) is 0.214. The summed E-state index contributed by atoms with van der Waals surface area (Å²) in [4.78, 5) is 4.30. The average molecular weight is 212 g/mol. The quantitative estimate of drug-likeness (QED) is 0.788. The zero-order valence-electron chi connectivity index (χ0n) is 9.48. The highest BCUT2D eigenvalue weighted by Gasteiger charge is 1.98. The molecule has 0 spiro atoms. The maximum Gasteiger partial charge on any atom is 0.0702 e. The SMILES string of the molecule is C=CC(C)NCc1ccc2ncccc2c1. The van der Waals surface area contributed by atoms with Crippen molar-refractivity contribution in [2.24, 2.45) is 0 Å². The van der Waals surface area contributed by atoms with Gasteiger partial charge >= 0.3 is 0 Å². The summed E-state index contributed by atoms with van der Waals surface area (Å²) < 4.78 is 0. The van der Waals surface area contributed by atoms with Crippen molar-refractivity contribution in [1.82, 2.24) is 10.3 Å². The Bertz CT molecular complexity index is 491. The van der Waals surface area contributed by atoms with Crippen LogP contribution in [0.5, 0.6) is 0 Å². The van der Waals surface area contributed by atoms with Crippen molar-refractivity contribution in [1.29, 1.82) is 0 Å². The molecule has 2 heteroatoms. The lowest BCUT2D eigenvalue weighted by Gasteiger charge is -2.09. The molecule has 82 valence electrons. The first kappa shape index (κ1) is 10.8. The monoisotopic (exact) mass is 212 g/mol. The molecule has 1 aromatic heterocycles. The highest BCUT2D eigenvalue weighted by Crippen LogP contribution is 2.13. The van der Waals surface area contributed by atoms with E-state index in [9.17, 15) is 0 Å². The summed E-state index contributed by atoms with van der Waals surface area (Å²) in [6.45, 7) is 6.70. The third-order valence-electron chi connectivity index (χ3n) is 2.65. The average Bonchev–Trinajstić information content (AvgIpc) is 2.35. The second kappa shape index (κ2) is 4.90. The Kier molecular flexibility index (Phi) is 3.32. The Morgan fingerprint density at radius 1 is 1.44 bits per heavy atom. The van der Waals surface area contributed by atoms with Crippen LogP contribution < -0.4 is 5.32 Å². The predicted octanol–water partition coefficient (Wildman–Crippen LogP) is 2.90. The van der Waals surface area contributed by atoms with Crippen LogP contribution in [0.4, 0.5) is 0 Å². The molecule has 0 amide bonds. The van der Waals surface area contributed by atoms with E-state index < -0.39 is 0 Å². The van der Waals surface area contributed by atoms with Crippen molar-refractivity contribution in [2.45, 2.75) is 19.5 Å². The van der Waals surface area contributed by atoms with Gasteiger partial charge in [0, 0.05) is 24.2 Å². The van der Waals surface area contributed by atoms with Crippen molar-refractivity contribution >= 4 is 10.9 Å². The van der Waals surface area contributed by atoms with Gasteiger partial charge in [0.1, 0.15) is 0 Å². The van der Waals surface area contributed by atoms with E-state index in [-0.39, 0.29) is 0 Å². The smallest absolute Gasteiger partial charge is 0.0702 e. The van der Waals surface area contributed by atoms with E-state index in [1.54, 1.807) is 0 Å². The van der Waals surface area contributed by atoms with Gasteiger partial charge < -0.3 is 5.32 Å². The van der Waals surface area contributed by atoms with Gasteiger partial charge in [-0.25, -0.2) is 0 Å². The van der Waals surface area contributed by atoms with Crippen LogP contribution in [0.1, 0.15) is 12.5 Å². The summed E-state index contributed by atoms with van der Waals surface area (Å²) in [7, 11) is 0. The van der Waals surface area contributed by atoms with Gasteiger partial charge in [-0.1, -0.05) is 18.2 Å². The third kappa shape index (κ3) is 2.47. The maximum atomic E-state index is 4.30. The van der Waals surface area contributed by atoms with Gasteiger partial charge in [0.2, 0.25) is 0 Å². The number of pyridine rings is 1. The zero-order chi connectivity index (χ0) is 11.4. The summed E-state index contributed by atoms with van der Waals surface area (Å²) in [5.74, 6) is 0. The summed E-state index contributed by atoms with van der Waals surface area (Å²) in [6, 6.07) is 10.7. The van der Waals surface area contributed by atoms with Gasteiger partial charge in [-0.3, -0.25) is 4.98 Å². The van der Waals surface area contributed by atoms with E-state index in [1.807, 2.05) is 18.3 Å². The van der Waals surface area contributed by atoms with E-state index in [0.717, 1.165) is 12.1 Å². The topological polar surface area (TPSA) is 24.9 Å². The fourth-order valence-corrected chi connectivity index (χ4v) is 1.60. The summed E-state index contributed by atoms with van der Waals surface area (Å²) in [5.41, 5.74) is 2.32. The Balaban J connectivity index is 2.16. The second-order valence-electron chi connectivity index (χ2n) is 3.94. The van der Waals surface area contributed by atoms with Crippen molar-refractivity contribution in [3.63, 3.8) is 0 Å². The molecule has 16 heavy (non-hydrogen) atoms. The van der Waals surface area contributed by atoms with Crippen molar-refractivity contribution in [3.8, 4) is 0 Å². The molecule has 2 aromatic rings. The van der Waals surface area contributed by atoms with E-state index in [4.69, 9.17) is 0 Å². The largest absolute Gasteiger partial charge is 0.307 e. The van der Waals surface area contributed by atoms with E-state index in [0.29, 0.717) is 6.04 Å². The first-order valence-electron chi connectivity index (χ1n) is 5.49. The lowest BCUT2D eigenvalue weighted by molar-refractivity contribution is 0.634. The molecule has 0 bridgehead atoms. The Hall–Kier alpha value is -1.67. The number of benzene rings is 1. The fourth-order valence-electron chi connectivity index (χ4n) is 1.60. The Labute approximate surface area is 96.0 Å². The van der Waals surface area contributed by atoms with Gasteiger partial charge in [0.05, 0.1) is 5.52 Å². The van der Waals surface area contributed by atoms with E-state index in [2.05, 4.69) is 48.1 Å². The molecule has 1 atom stereocenters. The third-order valence-corrected chi connectivity index (χ3v) is 2.65. The molecule has 1 heterocycles. The minimum atomic E-state index is 0.338. The van der Waals surface area contributed by atoms with Gasteiger partial charge in [-0.05, 0) is 30.7 Å². The van der Waals surface area contributed by atoms with Crippen LogP contribution in [0.3, 0.4) is 0 Å². The highest BCUT2D eigenvalue weighted by atomic mass is 14.9. The molecule has 0 aliphatic rings. The maximum absolute atomic E-state index is 4.30. The van der Waals surface area contributed by atoms with E-state index in [1.165, 1.54) is 10.9 Å². The molecule has 0 saturated heterocycles. The van der Waals surface area contributed by atoms with Crippen LogP contribution in [-0.2, 0) is 6.54 Å². The lowest BCUT2D eigenvalue weighted by atomic mass is 10.1. The van der Waals surface area contributed by atoms with Gasteiger partial charge in [0.25, 0.3) is 0 Å². The van der Waals surface area contributed by atoms with Gasteiger partial charge in [0.15, 0.2) is 0 Å². The molecule has 0 saturated carbocycles. The number of fused-ring (bicyclic) bond motifs is 1. The minimum absolute atomic E-state index is 0.338. The van der Waals surface area contributed by atoms with Crippen LogP contribution in [-0.4, -0.2) is 11.0 Å². The van der Waals surface area contributed by atoms with Crippen LogP contribution in [0.2, 0.25) is 0 Å². The number of nitrogens with one attached hydrogen (secondary N) is 1. The standard InChI is InChI=1S/C14H16N2/c1-3-11(2)16-10-12-6-7-14-13(9-12)5-4-8-15-14/h3-9,11,16H,1,10H2,2H3. The Morgan fingerprint density at radius 2 is 2.31 bits per heavy atom. The van der Waals surface area contributed by atoms with Crippen molar-refractivity contribution < 1.29 is 0 Å². The minimum Gasteiger partial charge on any atom is -0.307 e. The molecular weight excluding hydrogens is 196 g/mol. The molecular formula is C14H16N2. The summed E-state index contributed by atoms with van der Waals surface area (Å²) in [5, 5.41) is 4.56. The predicted molar refractivity (Wildman–Crippen MR) is 68.2 cm³/mol. The molecule has 1 unspecified atom stereocenters. The van der Waals surface area contributed by atoms with Gasteiger partial charge in [-0.2, -0.15) is 0 Å².